The first kappa shape index (κ1) is 20.5. The molecule has 4 aromatic rings. The Balaban J connectivity index is 1.55. The molecule has 2 aromatic carbocycles. The molecule has 0 fully saturated rings. The zero-order valence-electron chi connectivity index (χ0n) is 18.0. The van der Waals surface area contributed by atoms with Crippen LogP contribution in [0.15, 0.2) is 42.5 Å². The predicted molar refractivity (Wildman–Crippen MR) is 119 cm³/mol. The number of hydrogen-bond donors (Lipinski definition) is 1. The Morgan fingerprint density at radius 3 is 2.65 bits per heavy atom. The van der Waals surface area contributed by atoms with Crippen molar-refractivity contribution in [1.82, 2.24) is 14.6 Å². The summed E-state index contributed by atoms with van der Waals surface area (Å²) in [5.41, 5.74) is 6.49. The molecule has 0 aliphatic heterocycles. The van der Waals surface area contributed by atoms with Crippen molar-refractivity contribution in [1.29, 1.82) is 0 Å². The molecule has 7 nitrogen and oxygen atoms in total. The van der Waals surface area contributed by atoms with Gasteiger partial charge >= 0.3 is 5.97 Å². The topological polar surface area (TPSA) is 85.6 Å². The van der Waals surface area contributed by atoms with Crippen molar-refractivity contribution < 1.29 is 14.3 Å². The lowest BCUT2D eigenvalue weighted by Crippen LogP contribution is -2.15. The average molecular weight is 416 g/mol. The summed E-state index contributed by atoms with van der Waals surface area (Å²) in [4.78, 5) is 29.2. The maximum absolute atomic E-state index is 12.6. The molecular weight excluding hydrogens is 392 g/mol. The van der Waals surface area contributed by atoms with E-state index in [2.05, 4.69) is 10.4 Å². The van der Waals surface area contributed by atoms with Crippen molar-refractivity contribution in [3.05, 3.63) is 70.5 Å². The van der Waals surface area contributed by atoms with E-state index in [0.717, 1.165) is 39.1 Å². The molecule has 0 aliphatic rings. The first-order valence-corrected chi connectivity index (χ1v) is 10.1. The van der Waals surface area contributed by atoms with Crippen LogP contribution in [0.5, 0.6) is 0 Å². The van der Waals surface area contributed by atoms with Crippen molar-refractivity contribution in [3.8, 4) is 0 Å². The Morgan fingerprint density at radius 2 is 1.87 bits per heavy atom. The highest BCUT2D eigenvalue weighted by Gasteiger charge is 2.16. The third kappa shape index (κ3) is 3.86. The van der Waals surface area contributed by atoms with E-state index >= 15 is 0 Å². The van der Waals surface area contributed by atoms with Gasteiger partial charge in [0.25, 0.3) is 0 Å². The van der Waals surface area contributed by atoms with E-state index in [1.54, 1.807) is 18.2 Å². The molecule has 0 spiro atoms. The monoisotopic (exact) mass is 416 g/mol. The quantitative estimate of drug-likeness (QED) is 0.494. The van der Waals surface area contributed by atoms with Gasteiger partial charge < -0.3 is 10.1 Å². The number of carbonyl (C=O) groups is 2. The number of hydrogen-bond acceptors (Lipinski definition) is 5. The second-order valence-corrected chi connectivity index (χ2v) is 7.58. The molecule has 0 radical (unpaired) electrons. The Hall–Kier alpha value is -3.74. The van der Waals surface area contributed by atoms with Crippen LogP contribution in [0.4, 0.5) is 5.69 Å². The van der Waals surface area contributed by atoms with Crippen molar-refractivity contribution in [3.63, 3.8) is 0 Å². The molecule has 0 aliphatic carbocycles. The van der Waals surface area contributed by atoms with Crippen molar-refractivity contribution in [2.75, 3.05) is 12.4 Å². The first-order chi connectivity index (χ1) is 14.9. The fourth-order valence-corrected chi connectivity index (χ4v) is 3.79. The maximum atomic E-state index is 12.6. The van der Waals surface area contributed by atoms with Gasteiger partial charge in [-0.15, -0.1) is 0 Å². The van der Waals surface area contributed by atoms with Crippen LogP contribution in [0.3, 0.4) is 0 Å². The van der Waals surface area contributed by atoms with Gasteiger partial charge in [0.2, 0.25) is 5.91 Å². The van der Waals surface area contributed by atoms with E-state index in [4.69, 9.17) is 9.72 Å². The van der Waals surface area contributed by atoms with E-state index in [9.17, 15) is 9.59 Å². The molecule has 2 aromatic heterocycles. The molecule has 2 heterocycles. The van der Waals surface area contributed by atoms with Crippen molar-refractivity contribution in [2.45, 2.75) is 33.6 Å². The van der Waals surface area contributed by atoms with Crippen LogP contribution in [0.1, 0.15) is 39.3 Å². The zero-order chi connectivity index (χ0) is 22.1. The van der Waals surface area contributed by atoms with Gasteiger partial charge in [0.05, 0.1) is 18.2 Å². The van der Waals surface area contributed by atoms with Crippen LogP contribution in [-0.2, 0) is 16.0 Å². The SMILES string of the molecule is COC(=O)c1ccc(C)c(NC(=O)CCc2c(C)nc3c4ccccc4nn3c2C)c1. The summed E-state index contributed by atoms with van der Waals surface area (Å²) >= 11 is 0. The van der Waals surface area contributed by atoms with Crippen LogP contribution < -0.4 is 5.32 Å². The van der Waals surface area contributed by atoms with Gasteiger partial charge in [-0.1, -0.05) is 18.2 Å². The number of ether oxygens (including phenoxy) is 1. The van der Waals surface area contributed by atoms with Crippen LogP contribution >= 0.6 is 0 Å². The molecule has 0 unspecified atom stereocenters. The highest BCUT2D eigenvalue weighted by atomic mass is 16.5. The number of amides is 1. The Labute approximate surface area is 180 Å². The smallest absolute Gasteiger partial charge is 0.337 e. The summed E-state index contributed by atoms with van der Waals surface area (Å²) in [7, 11) is 1.33. The van der Waals surface area contributed by atoms with E-state index in [0.29, 0.717) is 17.7 Å². The molecule has 31 heavy (non-hydrogen) atoms. The van der Waals surface area contributed by atoms with Crippen LogP contribution in [0.2, 0.25) is 0 Å². The zero-order valence-corrected chi connectivity index (χ0v) is 18.0. The lowest BCUT2D eigenvalue weighted by atomic mass is 10.1. The molecule has 158 valence electrons. The van der Waals surface area contributed by atoms with Gasteiger partial charge in [0.1, 0.15) is 0 Å². The molecule has 7 heteroatoms. The number of fused-ring (bicyclic) bond motifs is 3. The minimum atomic E-state index is -0.437. The normalized spacial score (nSPS) is 11.1. The van der Waals surface area contributed by atoms with E-state index < -0.39 is 5.97 Å². The molecule has 0 atom stereocenters. The molecule has 0 saturated carbocycles. The number of aryl methyl sites for hydroxylation is 3. The van der Waals surface area contributed by atoms with Gasteiger partial charge in [0, 0.05) is 28.9 Å². The Morgan fingerprint density at radius 1 is 1.10 bits per heavy atom. The number of esters is 1. The van der Waals surface area contributed by atoms with E-state index in [-0.39, 0.29) is 12.3 Å². The number of anilines is 1. The van der Waals surface area contributed by atoms with Crippen molar-refractivity contribution >= 4 is 34.1 Å². The van der Waals surface area contributed by atoms with Crippen LogP contribution in [-0.4, -0.2) is 33.6 Å². The summed E-state index contributed by atoms with van der Waals surface area (Å²) in [6.07, 6.45) is 0.829. The fraction of sp³-hybridized carbons (Fsp3) is 0.250. The highest BCUT2D eigenvalue weighted by molar-refractivity contribution is 5.95. The molecule has 0 saturated heterocycles. The Kier molecular flexibility index (Phi) is 5.42. The third-order valence-corrected chi connectivity index (χ3v) is 5.55. The molecular formula is C24H24N4O3. The molecule has 1 amide bonds. The van der Waals surface area contributed by atoms with E-state index in [1.807, 2.05) is 49.6 Å². The number of nitrogens with zero attached hydrogens (tertiary/aromatic N) is 3. The number of carbonyl (C=O) groups excluding carboxylic acids is 2. The number of benzene rings is 2. The summed E-state index contributed by atoms with van der Waals surface area (Å²) in [6, 6.07) is 13.0. The number of nitrogens with one attached hydrogen (secondary N) is 1. The first-order valence-electron chi connectivity index (χ1n) is 10.1. The van der Waals surface area contributed by atoms with Crippen LogP contribution in [0, 0.1) is 20.8 Å². The highest BCUT2D eigenvalue weighted by Crippen LogP contribution is 2.23. The second kappa shape index (κ2) is 8.18. The minimum absolute atomic E-state index is 0.130. The minimum Gasteiger partial charge on any atom is -0.465 e. The molecule has 1 N–H and O–H groups in total. The van der Waals surface area contributed by atoms with Crippen molar-refractivity contribution in [2.24, 2.45) is 0 Å². The number of methoxy groups -OCH3 is 1. The third-order valence-electron chi connectivity index (χ3n) is 5.55. The number of aromatic nitrogens is 3. The molecule has 0 bridgehead atoms. The lowest BCUT2D eigenvalue weighted by molar-refractivity contribution is -0.116. The molecule has 4 rings (SSSR count). The summed E-state index contributed by atoms with van der Waals surface area (Å²) in [5, 5.41) is 8.59. The Bertz CT molecular complexity index is 1320. The largest absolute Gasteiger partial charge is 0.465 e. The number of rotatable bonds is 5. The summed E-state index contributed by atoms with van der Waals surface area (Å²) in [5.74, 6) is -0.567. The van der Waals surface area contributed by atoms with Gasteiger partial charge in [0.15, 0.2) is 5.65 Å². The van der Waals surface area contributed by atoms with E-state index in [1.165, 1.54) is 7.11 Å². The predicted octanol–water partition coefficient (Wildman–Crippen LogP) is 4.17. The average Bonchev–Trinajstić information content (AvgIpc) is 3.13. The van der Waals surface area contributed by atoms with Crippen LogP contribution in [0.25, 0.3) is 16.6 Å². The maximum Gasteiger partial charge on any atom is 0.337 e. The standard InChI is InChI=1S/C24H24N4O3/c1-14-9-10-17(24(30)31-4)13-21(14)26-22(29)12-11-18-15(2)25-23-19-7-5-6-8-20(19)27-28(23)16(18)3/h5-10,13H,11-12H2,1-4H3,(H,26,29). The fourth-order valence-electron chi connectivity index (χ4n) is 3.79. The van der Waals surface area contributed by atoms with Gasteiger partial charge in [-0.2, -0.15) is 5.10 Å². The lowest BCUT2D eigenvalue weighted by Gasteiger charge is -2.12. The van der Waals surface area contributed by atoms with Gasteiger partial charge in [-0.05, 0) is 62.6 Å². The van der Waals surface area contributed by atoms with Gasteiger partial charge in [-0.25, -0.2) is 14.3 Å². The summed E-state index contributed by atoms with van der Waals surface area (Å²) < 4.78 is 6.61. The summed E-state index contributed by atoms with van der Waals surface area (Å²) in [6.45, 7) is 5.85. The second-order valence-electron chi connectivity index (χ2n) is 7.58. The van der Waals surface area contributed by atoms with Gasteiger partial charge in [-0.3, -0.25) is 4.79 Å².